The highest BCUT2D eigenvalue weighted by Gasteiger charge is 2.26. The van der Waals surface area contributed by atoms with Crippen LogP contribution in [-0.4, -0.2) is 23.5 Å². The van der Waals surface area contributed by atoms with Gasteiger partial charge in [0.15, 0.2) is 0 Å². The molecule has 0 saturated carbocycles. The van der Waals surface area contributed by atoms with Gasteiger partial charge in [0.1, 0.15) is 11.3 Å². The molecule has 1 saturated heterocycles. The van der Waals surface area contributed by atoms with Crippen molar-refractivity contribution < 1.29 is 4.42 Å². The average Bonchev–Trinajstić information content (AvgIpc) is 3.22. The topological polar surface area (TPSA) is 40.2 Å². The summed E-state index contributed by atoms with van der Waals surface area (Å²) in [6, 6.07) is 19.7. The van der Waals surface area contributed by atoms with Crippen molar-refractivity contribution in [1.82, 2.24) is 4.90 Å². The van der Waals surface area contributed by atoms with Crippen molar-refractivity contribution in [1.29, 1.82) is 5.26 Å². The predicted molar refractivity (Wildman–Crippen MR) is 105 cm³/mol. The van der Waals surface area contributed by atoms with Crippen LogP contribution in [0.3, 0.4) is 0 Å². The van der Waals surface area contributed by atoms with E-state index in [1.807, 2.05) is 30.3 Å². The minimum absolute atomic E-state index is 0.678. The summed E-state index contributed by atoms with van der Waals surface area (Å²) in [5.41, 5.74) is 3.90. The summed E-state index contributed by atoms with van der Waals surface area (Å²) in [6.45, 7) is 5.71. The Kier molecular flexibility index (Phi) is 4.53. The zero-order valence-electron chi connectivity index (χ0n) is 15.4. The van der Waals surface area contributed by atoms with Crippen LogP contribution in [0.2, 0.25) is 0 Å². The van der Waals surface area contributed by atoms with Gasteiger partial charge in [0.05, 0.1) is 11.6 Å². The van der Waals surface area contributed by atoms with E-state index >= 15 is 0 Å². The fourth-order valence-corrected chi connectivity index (χ4v) is 4.07. The molecule has 0 unspecified atom stereocenters. The summed E-state index contributed by atoms with van der Waals surface area (Å²) in [5, 5.41) is 10.1. The Bertz CT molecular complexity index is 938. The number of hydrogen-bond donors (Lipinski definition) is 0. The first-order chi connectivity index (χ1) is 12.6. The third-order valence-electron chi connectivity index (χ3n) is 5.67. The van der Waals surface area contributed by atoms with Crippen molar-refractivity contribution in [3.8, 4) is 17.2 Å². The maximum Gasteiger partial charge on any atom is 0.134 e. The minimum Gasteiger partial charge on any atom is -0.461 e. The van der Waals surface area contributed by atoms with Gasteiger partial charge in [-0.1, -0.05) is 18.2 Å². The van der Waals surface area contributed by atoms with Crippen molar-refractivity contribution in [3.63, 3.8) is 0 Å². The molecule has 3 nitrogen and oxygen atoms in total. The summed E-state index contributed by atoms with van der Waals surface area (Å²) >= 11 is 0. The first-order valence-corrected chi connectivity index (χ1v) is 9.43. The highest BCUT2D eigenvalue weighted by Crippen LogP contribution is 2.28. The van der Waals surface area contributed by atoms with E-state index < -0.39 is 0 Å². The molecule has 4 rings (SSSR count). The van der Waals surface area contributed by atoms with Gasteiger partial charge in [0.25, 0.3) is 0 Å². The number of hydrogen-bond acceptors (Lipinski definition) is 3. The Balaban J connectivity index is 1.53. The van der Waals surface area contributed by atoms with E-state index in [4.69, 9.17) is 9.68 Å². The molecular weight excluding hydrogens is 320 g/mol. The number of benzene rings is 2. The lowest BCUT2D eigenvalue weighted by Gasteiger charge is -2.25. The molecule has 3 heteroatoms. The van der Waals surface area contributed by atoms with Crippen LogP contribution in [0.25, 0.3) is 22.1 Å². The molecule has 1 aliphatic rings. The van der Waals surface area contributed by atoms with Gasteiger partial charge in [-0.25, -0.2) is 0 Å². The Morgan fingerprint density at radius 1 is 1.00 bits per heavy atom. The highest BCUT2D eigenvalue weighted by atomic mass is 16.3. The summed E-state index contributed by atoms with van der Waals surface area (Å²) in [4.78, 5) is 2.59. The van der Waals surface area contributed by atoms with Crippen molar-refractivity contribution in [2.75, 3.05) is 6.54 Å². The zero-order chi connectivity index (χ0) is 18.1. The number of rotatable bonds is 4. The van der Waals surface area contributed by atoms with Gasteiger partial charge >= 0.3 is 0 Å². The molecule has 1 aliphatic heterocycles. The Morgan fingerprint density at radius 2 is 1.69 bits per heavy atom. The molecule has 26 heavy (non-hydrogen) atoms. The molecular formula is C23H24N2O. The lowest BCUT2D eigenvalue weighted by molar-refractivity contribution is 0.213. The summed E-state index contributed by atoms with van der Waals surface area (Å²) < 4.78 is 6.06. The highest BCUT2D eigenvalue weighted by molar-refractivity contribution is 5.84. The first-order valence-electron chi connectivity index (χ1n) is 9.43. The molecule has 0 N–H and O–H groups in total. The van der Waals surface area contributed by atoms with Crippen LogP contribution in [0.15, 0.2) is 52.9 Å². The molecule has 0 radical (unpaired) electrons. The summed E-state index contributed by atoms with van der Waals surface area (Å²) in [6.07, 6.45) is 3.56. The van der Waals surface area contributed by atoms with Crippen LogP contribution in [0, 0.1) is 11.3 Å². The van der Waals surface area contributed by atoms with Gasteiger partial charge in [0.2, 0.25) is 0 Å². The van der Waals surface area contributed by atoms with Gasteiger partial charge in [-0.05, 0) is 68.1 Å². The summed E-state index contributed by atoms with van der Waals surface area (Å²) in [5.74, 6) is 1.06. The molecule has 132 valence electrons. The van der Waals surface area contributed by atoms with Crippen LogP contribution in [0.1, 0.15) is 38.0 Å². The number of nitriles is 1. The van der Waals surface area contributed by atoms with Crippen LogP contribution in [0.4, 0.5) is 0 Å². The number of furan rings is 1. The van der Waals surface area contributed by atoms with Crippen LogP contribution in [-0.2, 0) is 6.42 Å². The van der Waals surface area contributed by atoms with Gasteiger partial charge < -0.3 is 4.42 Å². The molecule has 2 atom stereocenters. The first kappa shape index (κ1) is 16.9. The molecule has 2 aromatic carbocycles. The number of fused-ring (bicyclic) bond motifs is 1. The van der Waals surface area contributed by atoms with E-state index in [1.165, 1.54) is 12.8 Å². The predicted octanol–water partition coefficient (Wildman–Crippen LogP) is 5.39. The minimum atomic E-state index is 0.678. The Hall–Kier alpha value is -2.57. The smallest absolute Gasteiger partial charge is 0.134 e. The lowest BCUT2D eigenvalue weighted by atomic mass is 10.0. The van der Waals surface area contributed by atoms with Crippen molar-refractivity contribution in [3.05, 3.63) is 59.9 Å². The molecule has 2 heterocycles. The van der Waals surface area contributed by atoms with Crippen molar-refractivity contribution in [2.45, 2.75) is 45.2 Å². The SMILES string of the molecule is C[C@@H]1CC[C@@H](C)N1CCc1cc2cc(-c3ccc(C#N)cc3)ccc2o1. The van der Waals surface area contributed by atoms with Crippen molar-refractivity contribution in [2.24, 2.45) is 0 Å². The largest absolute Gasteiger partial charge is 0.461 e. The second-order valence-corrected chi connectivity index (χ2v) is 7.42. The maximum absolute atomic E-state index is 8.94. The molecule has 1 fully saturated rings. The standard InChI is InChI=1S/C23H24N2O/c1-16-3-4-17(2)25(16)12-11-22-14-21-13-20(9-10-23(21)26-22)19-7-5-18(15-24)6-8-19/h5-10,13-14,16-17H,3-4,11-12H2,1-2H3/t16-,17-/m1/s1. The third-order valence-corrected chi connectivity index (χ3v) is 5.67. The van der Waals surface area contributed by atoms with E-state index in [2.05, 4.69) is 43.0 Å². The fourth-order valence-electron chi connectivity index (χ4n) is 4.07. The molecule has 1 aromatic heterocycles. The van der Waals surface area contributed by atoms with E-state index in [9.17, 15) is 0 Å². The molecule has 0 spiro atoms. The lowest BCUT2D eigenvalue weighted by Crippen LogP contribution is -2.34. The van der Waals surface area contributed by atoms with Gasteiger partial charge in [0, 0.05) is 30.4 Å². The number of likely N-dealkylation sites (tertiary alicyclic amines) is 1. The van der Waals surface area contributed by atoms with Crippen LogP contribution in [0.5, 0.6) is 0 Å². The molecule has 0 aliphatic carbocycles. The fraction of sp³-hybridized carbons (Fsp3) is 0.348. The Labute approximate surface area is 154 Å². The van der Waals surface area contributed by atoms with Gasteiger partial charge in [-0.2, -0.15) is 5.26 Å². The average molecular weight is 344 g/mol. The second kappa shape index (κ2) is 6.97. The van der Waals surface area contributed by atoms with Gasteiger partial charge in [-0.3, -0.25) is 4.90 Å². The van der Waals surface area contributed by atoms with Gasteiger partial charge in [-0.15, -0.1) is 0 Å². The monoisotopic (exact) mass is 344 g/mol. The van der Waals surface area contributed by atoms with E-state index in [0.717, 1.165) is 40.8 Å². The molecule has 0 bridgehead atoms. The van der Waals surface area contributed by atoms with Crippen LogP contribution >= 0.6 is 0 Å². The van der Waals surface area contributed by atoms with E-state index in [-0.39, 0.29) is 0 Å². The van der Waals surface area contributed by atoms with E-state index in [1.54, 1.807) is 0 Å². The normalized spacial score (nSPS) is 20.5. The van der Waals surface area contributed by atoms with Crippen molar-refractivity contribution >= 4 is 11.0 Å². The second-order valence-electron chi connectivity index (χ2n) is 7.42. The third kappa shape index (κ3) is 3.25. The number of nitrogens with zero attached hydrogens (tertiary/aromatic N) is 2. The van der Waals surface area contributed by atoms with Crippen LogP contribution < -0.4 is 0 Å². The zero-order valence-corrected chi connectivity index (χ0v) is 15.4. The molecule has 0 amide bonds. The van der Waals surface area contributed by atoms with E-state index in [0.29, 0.717) is 17.6 Å². The molecule has 3 aromatic rings. The Morgan fingerprint density at radius 3 is 2.38 bits per heavy atom. The maximum atomic E-state index is 8.94. The summed E-state index contributed by atoms with van der Waals surface area (Å²) in [7, 11) is 0. The quantitative estimate of drug-likeness (QED) is 0.637.